The Kier molecular flexibility index (Phi) is 7.88. The Morgan fingerprint density at radius 3 is 2.66 bits per heavy atom. The van der Waals surface area contributed by atoms with E-state index < -0.39 is 5.91 Å². The molecule has 0 fully saturated rings. The average Bonchev–Trinajstić information content (AvgIpc) is 2.80. The molecule has 32 heavy (non-hydrogen) atoms. The molecule has 9 heteroatoms. The number of primary amides is 1. The largest absolute Gasteiger partial charge is 0.493 e. The van der Waals surface area contributed by atoms with E-state index in [1.54, 1.807) is 6.20 Å². The molecule has 0 atom stereocenters. The van der Waals surface area contributed by atoms with E-state index in [1.165, 1.54) is 19.2 Å². The molecular formula is C23H22ClN3O5. The van der Waals surface area contributed by atoms with Crippen molar-refractivity contribution in [1.82, 2.24) is 10.3 Å². The van der Waals surface area contributed by atoms with Gasteiger partial charge in [-0.15, -0.1) is 0 Å². The molecule has 2 amide bonds. The lowest BCUT2D eigenvalue weighted by atomic mass is 10.1. The van der Waals surface area contributed by atoms with Crippen molar-refractivity contribution in [3.05, 3.63) is 82.6 Å². The zero-order valence-electron chi connectivity index (χ0n) is 17.3. The monoisotopic (exact) mass is 455 g/mol. The number of carbonyl (C=O) groups is 2. The van der Waals surface area contributed by atoms with Crippen molar-refractivity contribution in [3.8, 4) is 17.2 Å². The summed E-state index contributed by atoms with van der Waals surface area (Å²) in [6, 6.07) is 15.9. The van der Waals surface area contributed by atoms with Gasteiger partial charge in [0.1, 0.15) is 12.4 Å². The van der Waals surface area contributed by atoms with Crippen LogP contribution in [-0.2, 0) is 17.9 Å². The number of aromatic nitrogens is 1. The summed E-state index contributed by atoms with van der Waals surface area (Å²) >= 11 is 6.21. The minimum absolute atomic E-state index is 0.126. The van der Waals surface area contributed by atoms with Crippen LogP contribution in [0.4, 0.5) is 0 Å². The minimum atomic E-state index is -0.656. The number of halogens is 1. The molecule has 0 unspecified atom stereocenters. The first-order valence-electron chi connectivity index (χ1n) is 9.64. The zero-order valence-corrected chi connectivity index (χ0v) is 18.1. The van der Waals surface area contributed by atoms with Crippen molar-refractivity contribution < 1.29 is 23.8 Å². The zero-order chi connectivity index (χ0) is 22.9. The van der Waals surface area contributed by atoms with E-state index in [0.29, 0.717) is 12.4 Å². The Morgan fingerprint density at radius 2 is 1.94 bits per heavy atom. The Balaban J connectivity index is 1.62. The minimum Gasteiger partial charge on any atom is -0.493 e. The molecule has 0 saturated heterocycles. The van der Waals surface area contributed by atoms with E-state index in [0.717, 1.165) is 11.3 Å². The molecule has 3 N–H and O–H groups in total. The lowest BCUT2D eigenvalue weighted by Crippen LogP contribution is -2.23. The second-order valence-corrected chi connectivity index (χ2v) is 7.09. The van der Waals surface area contributed by atoms with Gasteiger partial charge in [-0.2, -0.15) is 0 Å². The Morgan fingerprint density at radius 1 is 1.09 bits per heavy atom. The molecule has 0 saturated carbocycles. The molecule has 0 aliphatic carbocycles. The highest BCUT2D eigenvalue weighted by atomic mass is 35.5. The molecular weight excluding hydrogens is 434 g/mol. The third kappa shape index (κ3) is 6.36. The van der Waals surface area contributed by atoms with Crippen molar-refractivity contribution in [2.45, 2.75) is 13.2 Å². The van der Waals surface area contributed by atoms with E-state index in [1.807, 2.05) is 42.5 Å². The summed E-state index contributed by atoms with van der Waals surface area (Å²) in [6.45, 7) is 0.263. The Hall–Kier alpha value is -3.78. The highest BCUT2D eigenvalue weighted by molar-refractivity contribution is 6.32. The molecule has 0 radical (unpaired) electrons. The number of carbonyl (C=O) groups excluding carboxylic acids is 2. The summed E-state index contributed by atoms with van der Waals surface area (Å²) in [5.74, 6) is 0.0156. The number of methoxy groups -OCH3 is 1. The fourth-order valence-electron chi connectivity index (χ4n) is 2.80. The van der Waals surface area contributed by atoms with Crippen molar-refractivity contribution in [1.29, 1.82) is 0 Å². The van der Waals surface area contributed by atoms with Crippen LogP contribution in [0.3, 0.4) is 0 Å². The van der Waals surface area contributed by atoms with Gasteiger partial charge in [-0.1, -0.05) is 29.8 Å². The molecule has 0 bridgehead atoms. The van der Waals surface area contributed by atoms with Gasteiger partial charge in [0.05, 0.1) is 17.8 Å². The fourth-order valence-corrected chi connectivity index (χ4v) is 3.07. The van der Waals surface area contributed by atoms with Crippen molar-refractivity contribution in [3.63, 3.8) is 0 Å². The van der Waals surface area contributed by atoms with Gasteiger partial charge in [0.25, 0.3) is 11.8 Å². The SMILES string of the molecule is COc1cc(C(=O)NCc2cccc(OCc3ccccn3)c2)cc(Cl)c1OCC(N)=O. The summed E-state index contributed by atoms with van der Waals surface area (Å²) in [5.41, 5.74) is 7.05. The molecule has 2 aromatic carbocycles. The Labute approximate surface area is 190 Å². The van der Waals surface area contributed by atoms with Crippen LogP contribution in [0, 0.1) is 0 Å². The average molecular weight is 456 g/mol. The molecule has 1 heterocycles. The number of hydrogen-bond acceptors (Lipinski definition) is 6. The van der Waals surface area contributed by atoms with Crippen LogP contribution in [0.5, 0.6) is 17.2 Å². The normalized spacial score (nSPS) is 10.3. The molecule has 0 aliphatic rings. The first-order chi connectivity index (χ1) is 15.5. The van der Waals surface area contributed by atoms with E-state index >= 15 is 0 Å². The fraction of sp³-hybridized carbons (Fsp3) is 0.174. The van der Waals surface area contributed by atoms with Crippen molar-refractivity contribution in [2.24, 2.45) is 5.73 Å². The summed E-state index contributed by atoms with van der Waals surface area (Å²) in [7, 11) is 1.40. The number of nitrogens with two attached hydrogens (primary N) is 1. The van der Waals surface area contributed by atoms with Crippen LogP contribution in [0.15, 0.2) is 60.8 Å². The van der Waals surface area contributed by atoms with E-state index in [4.69, 9.17) is 31.5 Å². The van der Waals surface area contributed by atoms with Gasteiger partial charge < -0.3 is 25.3 Å². The summed E-state index contributed by atoms with van der Waals surface area (Å²) in [6.07, 6.45) is 1.71. The van der Waals surface area contributed by atoms with Crippen LogP contribution in [0.25, 0.3) is 0 Å². The molecule has 8 nitrogen and oxygen atoms in total. The first kappa shape index (κ1) is 22.9. The predicted molar refractivity (Wildman–Crippen MR) is 119 cm³/mol. The van der Waals surface area contributed by atoms with Crippen molar-refractivity contribution in [2.75, 3.05) is 13.7 Å². The number of amides is 2. The van der Waals surface area contributed by atoms with Gasteiger partial charge in [0.2, 0.25) is 0 Å². The van der Waals surface area contributed by atoms with Crippen molar-refractivity contribution >= 4 is 23.4 Å². The number of nitrogens with one attached hydrogen (secondary N) is 1. The summed E-state index contributed by atoms with van der Waals surface area (Å²) in [4.78, 5) is 27.8. The third-order valence-electron chi connectivity index (χ3n) is 4.31. The second-order valence-electron chi connectivity index (χ2n) is 6.68. The van der Waals surface area contributed by atoms with Crippen LogP contribution >= 0.6 is 11.6 Å². The molecule has 3 rings (SSSR count). The number of rotatable bonds is 10. The van der Waals surface area contributed by atoms with Gasteiger partial charge in [-0.25, -0.2) is 0 Å². The summed E-state index contributed by atoms with van der Waals surface area (Å²) in [5, 5.41) is 2.95. The van der Waals surface area contributed by atoms with Gasteiger partial charge in [-0.3, -0.25) is 14.6 Å². The van der Waals surface area contributed by atoms with E-state index in [2.05, 4.69) is 10.3 Å². The number of nitrogens with zero attached hydrogens (tertiary/aromatic N) is 1. The predicted octanol–water partition coefficient (Wildman–Crippen LogP) is 3.12. The van der Waals surface area contributed by atoms with E-state index in [9.17, 15) is 9.59 Å². The summed E-state index contributed by atoms with van der Waals surface area (Å²) < 4.78 is 16.3. The Bertz CT molecular complexity index is 1090. The maximum Gasteiger partial charge on any atom is 0.255 e. The van der Waals surface area contributed by atoms with Gasteiger partial charge in [0, 0.05) is 18.3 Å². The molecule has 1 aromatic heterocycles. The quantitative estimate of drug-likeness (QED) is 0.485. The number of ether oxygens (including phenoxy) is 3. The first-order valence-corrected chi connectivity index (χ1v) is 10.0. The van der Waals surface area contributed by atoms with Crippen LogP contribution in [-0.4, -0.2) is 30.5 Å². The molecule has 0 spiro atoms. The maximum atomic E-state index is 12.6. The lowest BCUT2D eigenvalue weighted by Gasteiger charge is -2.13. The van der Waals surface area contributed by atoms with Gasteiger partial charge in [0.15, 0.2) is 18.1 Å². The standard InChI is InChI=1S/C23H22ClN3O5/c1-30-20-11-16(10-19(24)22(20)32-14-21(25)28)23(29)27-12-15-5-4-7-18(9-15)31-13-17-6-2-3-8-26-17/h2-11H,12-14H2,1H3,(H2,25,28)(H,27,29). The lowest BCUT2D eigenvalue weighted by molar-refractivity contribution is -0.119. The topological polar surface area (TPSA) is 113 Å². The number of benzene rings is 2. The highest BCUT2D eigenvalue weighted by Gasteiger charge is 2.16. The third-order valence-corrected chi connectivity index (χ3v) is 4.60. The van der Waals surface area contributed by atoms with Crippen LogP contribution in [0.2, 0.25) is 5.02 Å². The second kappa shape index (κ2) is 11.0. The van der Waals surface area contributed by atoms with Gasteiger partial charge in [-0.05, 0) is 42.0 Å². The molecule has 3 aromatic rings. The number of hydrogen-bond donors (Lipinski definition) is 2. The maximum absolute atomic E-state index is 12.6. The molecule has 166 valence electrons. The smallest absolute Gasteiger partial charge is 0.255 e. The highest BCUT2D eigenvalue weighted by Crippen LogP contribution is 2.36. The van der Waals surface area contributed by atoms with Gasteiger partial charge >= 0.3 is 0 Å². The van der Waals surface area contributed by atoms with E-state index in [-0.39, 0.29) is 41.1 Å². The van der Waals surface area contributed by atoms with Crippen LogP contribution in [0.1, 0.15) is 21.6 Å². The van der Waals surface area contributed by atoms with Crippen LogP contribution < -0.4 is 25.3 Å². The molecule has 0 aliphatic heterocycles. The number of pyridine rings is 1.